The topological polar surface area (TPSA) is 52.3 Å². The maximum atomic E-state index is 12.4. The van der Waals surface area contributed by atoms with Crippen molar-refractivity contribution in [2.45, 2.75) is 45.1 Å². The van der Waals surface area contributed by atoms with Crippen molar-refractivity contribution in [3.63, 3.8) is 0 Å². The first kappa shape index (κ1) is 14.1. The number of hydrogen-bond donors (Lipinski definition) is 1. The molecule has 1 saturated carbocycles. The minimum atomic E-state index is -0.318. The smallest absolute Gasteiger partial charge is 0.312 e. The fraction of sp³-hybridized carbons (Fsp3) is 0.562. The largest absolute Gasteiger partial charge is 0.460 e. The summed E-state index contributed by atoms with van der Waals surface area (Å²) in [6.07, 6.45) is 6.05. The molecule has 0 aliphatic heterocycles. The molecular weight excluding hydrogens is 238 g/mol. The van der Waals surface area contributed by atoms with E-state index in [-0.39, 0.29) is 11.4 Å². The van der Waals surface area contributed by atoms with Crippen LogP contribution in [0, 0.1) is 5.41 Å². The Bertz CT molecular complexity index is 391. The SMILES string of the molecule is NCCC1(C(=O)OCc2ccccc2)CCCCC1. The molecule has 0 saturated heterocycles. The molecule has 1 fully saturated rings. The Kier molecular flexibility index (Phi) is 4.97. The first-order chi connectivity index (χ1) is 9.27. The molecule has 2 rings (SSSR count). The summed E-state index contributed by atoms with van der Waals surface area (Å²) in [4.78, 5) is 12.4. The minimum Gasteiger partial charge on any atom is -0.460 e. The normalized spacial score (nSPS) is 17.9. The Morgan fingerprint density at radius 2 is 1.84 bits per heavy atom. The van der Waals surface area contributed by atoms with E-state index >= 15 is 0 Å². The Hall–Kier alpha value is -1.35. The van der Waals surface area contributed by atoms with Gasteiger partial charge in [-0.2, -0.15) is 0 Å². The highest BCUT2D eigenvalue weighted by molar-refractivity contribution is 5.77. The van der Waals surface area contributed by atoms with E-state index in [4.69, 9.17) is 10.5 Å². The summed E-state index contributed by atoms with van der Waals surface area (Å²) in [5, 5.41) is 0. The van der Waals surface area contributed by atoms with Crippen molar-refractivity contribution in [2.24, 2.45) is 11.1 Å². The van der Waals surface area contributed by atoms with Crippen LogP contribution in [0.25, 0.3) is 0 Å². The van der Waals surface area contributed by atoms with Gasteiger partial charge in [-0.3, -0.25) is 4.79 Å². The third-order valence-corrected chi connectivity index (χ3v) is 4.08. The molecule has 0 heterocycles. The molecule has 0 spiro atoms. The van der Waals surface area contributed by atoms with Crippen molar-refractivity contribution in [3.8, 4) is 0 Å². The van der Waals surface area contributed by atoms with E-state index in [9.17, 15) is 4.79 Å². The maximum absolute atomic E-state index is 12.4. The summed E-state index contributed by atoms with van der Waals surface area (Å²) in [5.74, 6) is -0.0542. The Morgan fingerprint density at radius 1 is 1.16 bits per heavy atom. The quantitative estimate of drug-likeness (QED) is 0.829. The zero-order valence-electron chi connectivity index (χ0n) is 11.4. The second kappa shape index (κ2) is 6.71. The molecule has 2 N–H and O–H groups in total. The highest BCUT2D eigenvalue weighted by Gasteiger charge is 2.40. The summed E-state index contributed by atoms with van der Waals surface area (Å²) >= 11 is 0. The van der Waals surface area contributed by atoms with Crippen LogP contribution in [0.15, 0.2) is 30.3 Å². The van der Waals surface area contributed by atoms with Crippen LogP contribution in [0.3, 0.4) is 0 Å². The molecule has 1 aliphatic rings. The second-order valence-corrected chi connectivity index (χ2v) is 5.44. The van der Waals surface area contributed by atoms with Gasteiger partial charge in [0.1, 0.15) is 6.61 Å². The number of hydrogen-bond acceptors (Lipinski definition) is 3. The summed E-state index contributed by atoms with van der Waals surface area (Å²) in [6.45, 7) is 0.923. The molecule has 1 aliphatic carbocycles. The lowest BCUT2D eigenvalue weighted by Crippen LogP contribution is -2.37. The fourth-order valence-electron chi connectivity index (χ4n) is 2.94. The fourth-order valence-corrected chi connectivity index (χ4v) is 2.94. The van der Waals surface area contributed by atoms with E-state index in [1.54, 1.807) is 0 Å². The van der Waals surface area contributed by atoms with Crippen LogP contribution in [-0.2, 0) is 16.1 Å². The Morgan fingerprint density at radius 3 is 2.47 bits per heavy atom. The van der Waals surface area contributed by atoms with Crippen molar-refractivity contribution in [1.82, 2.24) is 0 Å². The molecule has 0 aromatic heterocycles. The molecule has 19 heavy (non-hydrogen) atoms. The molecule has 3 nitrogen and oxygen atoms in total. The third-order valence-electron chi connectivity index (χ3n) is 4.08. The number of carbonyl (C=O) groups excluding carboxylic acids is 1. The number of rotatable bonds is 5. The van der Waals surface area contributed by atoms with Crippen molar-refractivity contribution in [2.75, 3.05) is 6.54 Å². The predicted molar refractivity (Wildman–Crippen MR) is 75.4 cm³/mol. The van der Waals surface area contributed by atoms with Gasteiger partial charge in [0.15, 0.2) is 0 Å². The lowest BCUT2D eigenvalue weighted by molar-refractivity contribution is -0.160. The molecule has 1 aromatic carbocycles. The first-order valence-electron chi connectivity index (χ1n) is 7.18. The zero-order chi connectivity index (χ0) is 13.6. The molecule has 3 heteroatoms. The monoisotopic (exact) mass is 261 g/mol. The number of nitrogens with two attached hydrogens (primary N) is 1. The van der Waals surface area contributed by atoms with Crippen LogP contribution in [0.1, 0.15) is 44.1 Å². The summed E-state index contributed by atoms with van der Waals surface area (Å²) in [5.41, 5.74) is 6.40. The van der Waals surface area contributed by atoms with Crippen LogP contribution >= 0.6 is 0 Å². The average molecular weight is 261 g/mol. The van der Waals surface area contributed by atoms with Gasteiger partial charge in [0.25, 0.3) is 0 Å². The van der Waals surface area contributed by atoms with Crippen LogP contribution in [0.4, 0.5) is 0 Å². The van der Waals surface area contributed by atoms with Crippen LogP contribution in [0.5, 0.6) is 0 Å². The first-order valence-corrected chi connectivity index (χ1v) is 7.18. The Labute approximate surface area is 115 Å². The Balaban J connectivity index is 1.96. The molecule has 0 amide bonds. The van der Waals surface area contributed by atoms with Gasteiger partial charge < -0.3 is 10.5 Å². The zero-order valence-corrected chi connectivity index (χ0v) is 11.4. The van der Waals surface area contributed by atoms with Gasteiger partial charge in [-0.25, -0.2) is 0 Å². The van der Waals surface area contributed by atoms with Crippen molar-refractivity contribution in [1.29, 1.82) is 0 Å². The average Bonchev–Trinajstić information content (AvgIpc) is 2.47. The predicted octanol–water partition coefficient (Wildman–Crippen LogP) is 3.03. The number of benzene rings is 1. The standard InChI is InChI=1S/C16H23NO2/c17-12-11-16(9-5-2-6-10-16)15(18)19-13-14-7-3-1-4-8-14/h1,3-4,7-8H,2,5-6,9-13,17H2. The second-order valence-electron chi connectivity index (χ2n) is 5.44. The molecule has 0 bridgehead atoms. The molecular formula is C16H23NO2. The maximum Gasteiger partial charge on any atom is 0.312 e. The van der Waals surface area contributed by atoms with Gasteiger partial charge in [0, 0.05) is 0 Å². The van der Waals surface area contributed by atoms with E-state index < -0.39 is 0 Å². The molecule has 0 unspecified atom stereocenters. The van der Waals surface area contributed by atoms with Gasteiger partial charge in [-0.05, 0) is 31.4 Å². The molecule has 1 aromatic rings. The highest BCUT2D eigenvalue weighted by Crippen LogP contribution is 2.40. The molecule has 0 atom stereocenters. The van der Waals surface area contributed by atoms with Crippen molar-refractivity contribution in [3.05, 3.63) is 35.9 Å². The summed E-state index contributed by atoms with van der Waals surface area (Å²) in [6, 6.07) is 9.83. The van der Waals surface area contributed by atoms with Gasteiger partial charge in [-0.1, -0.05) is 49.6 Å². The van der Waals surface area contributed by atoms with Gasteiger partial charge in [0.2, 0.25) is 0 Å². The van der Waals surface area contributed by atoms with Crippen molar-refractivity contribution < 1.29 is 9.53 Å². The van der Waals surface area contributed by atoms with E-state index in [0.29, 0.717) is 13.2 Å². The van der Waals surface area contributed by atoms with Gasteiger partial charge in [-0.15, -0.1) is 0 Å². The van der Waals surface area contributed by atoms with Gasteiger partial charge >= 0.3 is 5.97 Å². The lowest BCUT2D eigenvalue weighted by atomic mass is 9.72. The van der Waals surface area contributed by atoms with Gasteiger partial charge in [0.05, 0.1) is 5.41 Å². The highest BCUT2D eigenvalue weighted by atomic mass is 16.5. The van der Waals surface area contributed by atoms with E-state index in [1.807, 2.05) is 30.3 Å². The van der Waals surface area contributed by atoms with E-state index in [2.05, 4.69) is 0 Å². The third kappa shape index (κ3) is 3.57. The van der Waals surface area contributed by atoms with Crippen LogP contribution in [0.2, 0.25) is 0 Å². The molecule has 104 valence electrons. The minimum absolute atomic E-state index is 0.0542. The number of ether oxygens (including phenoxy) is 1. The number of carbonyl (C=O) groups is 1. The van der Waals surface area contributed by atoms with E-state index in [0.717, 1.165) is 37.7 Å². The van der Waals surface area contributed by atoms with Crippen LogP contribution in [-0.4, -0.2) is 12.5 Å². The summed E-state index contributed by atoms with van der Waals surface area (Å²) < 4.78 is 5.53. The molecule has 0 radical (unpaired) electrons. The van der Waals surface area contributed by atoms with Crippen molar-refractivity contribution >= 4 is 5.97 Å². The van der Waals surface area contributed by atoms with E-state index in [1.165, 1.54) is 6.42 Å². The number of esters is 1. The van der Waals surface area contributed by atoms with Crippen LogP contribution < -0.4 is 5.73 Å². The summed E-state index contributed by atoms with van der Waals surface area (Å²) in [7, 11) is 0. The lowest BCUT2D eigenvalue weighted by Gasteiger charge is -2.34.